The molecule has 1 atom stereocenters. The van der Waals surface area contributed by atoms with Gasteiger partial charge in [-0.1, -0.05) is 23.2 Å². The Labute approximate surface area is 189 Å². The molecule has 0 saturated heterocycles. The zero-order chi connectivity index (χ0) is 22.0. The van der Waals surface area contributed by atoms with Crippen LogP contribution < -0.4 is 9.88 Å². The maximum Gasteiger partial charge on any atom is 0.374 e. The molecule has 31 heavy (non-hydrogen) atoms. The summed E-state index contributed by atoms with van der Waals surface area (Å²) in [6.07, 6.45) is 1.77. The number of anilines is 1. The number of nitrogens with zero attached hydrogens (tertiary/aromatic N) is 2. The molecule has 3 aromatic rings. The quantitative estimate of drug-likeness (QED) is 0.359. The first kappa shape index (κ1) is 21.0. The molecule has 156 valence electrons. The molecular formula is C23H18Cl2N3O3+. The van der Waals surface area contributed by atoms with Crippen molar-refractivity contribution in [3.63, 3.8) is 0 Å². The lowest BCUT2D eigenvalue weighted by molar-refractivity contribution is -0.705. The Morgan fingerprint density at radius 1 is 1.03 bits per heavy atom. The number of hydrogen-bond acceptors (Lipinski definition) is 4. The van der Waals surface area contributed by atoms with Crippen LogP contribution >= 0.6 is 23.2 Å². The third-order valence-electron chi connectivity index (χ3n) is 4.88. The number of cyclic esters (lactones) is 1. The van der Waals surface area contributed by atoms with Gasteiger partial charge in [-0.05, 0) is 61.5 Å². The van der Waals surface area contributed by atoms with Crippen LogP contribution in [0.15, 0.2) is 77.9 Å². The Bertz CT molecular complexity index is 1180. The third-order valence-corrected chi connectivity index (χ3v) is 5.39. The van der Waals surface area contributed by atoms with E-state index in [0.29, 0.717) is 27.1 Å². The van der Waals surface area contributed by atoms with E-state index >= 15 is 0 Å². The Hall–Kier alpha value is -3.22. The van der Waals surface area contributed by atoms with Gasteiger partial charge in [-0.3, -0.25) is 4.79 Å². The monoisotopic (exact) mass is 454 g/mol. The van der Waals surface area contributed by atoms with E-state index in [2.05, 4.69) is 10.3 Å². The number of nitrogens with one attached hydrogen (secondary N) is 1. The molecule has 1 aliphatic heterocycles. The van der Waals surface area contributed by atoms with Gasteiger partial charge in [0, 0.05) is 27.9 Å². The van der Waals surface area contributed by atoms with Crippen LogP contribution in [0.25, 0.3) is 0 Å². The number of benzene rings is 2. The van der Waals surface area contributed by atoms with Crippen molar-refractivity contribution in [2.45, 2.75) is 19.1 Å². The smallest absolute Gasteiger partial charge is 0.374 e. The van der Waals surface area contributed by atoms with Gasteiger partial charge in [-0.15, -0.1) is 0 Å². The van der Waals surface area contributed by atoms with E-state index in [-0.39, 0.29) is 12.3 Å². The van der Waals surface area contributed by atoms with Crippen LogP contribution in [0.2, 0.25) is 10.0 Å². The molecule has 0 aliphatic carbocycles. The summed E-state index contributed by atoms with van der Waals surface area (Å²) in [6, 6.07) is 18.8. The van der Waals surface area contributed by atoms with Gasteiger partial charge in [0.1, 0.15) is 0 Å². The van der Waals surface area contributed by atoms with E-state index in [4.69, 9.17) is 27.9 Å². The van der Waals surface area contributed by atoms with Crippen molar-refractivity contribution in [3.8, 4) is 0 Å². The number of aliphatic imine (C=N–C) groups is 1. The number of rotatable bonds is 4. The molecule has 1 aliphatic rings. The highest BCUT2D eigenvalue weighted by Gasteiger charge is 2.50. The minimum absolute atomic E-state index is 0.0257. The van der Waals surface area contributed by atoms with Gasteiger partial charge in [0.2, 0.25) is 17.8 Å². The zero-order valence-corrected chi connectivity index (χ0v) is 18.0. The molecule has 6 nitrogen and oxygen atoms in total. The van der Waals surface area contributed by atoms with Crippen molar-refractivity contribution in [2.24, 2.45) is 4.99 Å². The Kier molecular flexibility index (Phi) is 5.76. The van der Waals surface area contributed by atoms with Crippen LogP contribution in [-0.2, 0) is 26.5 Å². The molecule has 0 bridgehead atoms. The van der Waals surface area contributed by atoms with Crippen LogP contribution in [0.3, 0.4) is 0 Å². The average Bonchev–Trinajstić information content (AvgIpc) is 2.74. The average molecular weight is 455 g/mol. The largest absolute Gasteiger partial charge is 0.436 e. The number of pyridine rings is 1. The Balaban J connectivity index is 1.82. The summed E-state index contributed by atoms with van der Waals surface area (Å²) in [5, 5.41) is 3.91. The Morgan fingerprint density at radius 2 is 1.68 bits per heavy atom. The van der Waals surface area contributed by atoms with Gasteiger partial charge in [0.05, 0.1) is 5.69 Å². The van der Waals surface area contributed by atoms with E-state index in [1.807, 2.05) is 12.1 Å². The predicted molar refractivity (Wildman–Crippen MR) is 119 cm³/mol. The van der Waals surface area contributed by atoms with Crippen molar-refractivity contribution in [3.05, 3.63) is 88.7 Å². The molecule has 1 unspecified atom stereocenters. The molecule has 0 radical (unpaired) electrons. The van der Waals surface area contributed by atoms with Gasteiger partial charge < -0.3 is 10.1 Å². The first-order valence-electron chi connectivity index (χ1n) is 9.47. The summed E-state index contributed by atoms with van der Waals surface area (Å²) < 4.78 is 7.49. The number of amides is 1. The summed E-state index contributed by atoms with van der Waals surface area (Å²) in [5.41, 5.74) is 0.277. The molecule has 2 aromatic carbocycles. The molecular weight excluding hydrogens is 437 g/mol. The lowest BCUT2D eigenvalue weighted by Crippen LogP contribution is -2.59. The minimum atomic E-state index is -1.41. The number of carbonyl (C=O) groups is 2. The fraction of sp³-hybridized carbons (Fsp3) is 0.130. The molecule has 4 rings (SSSR count). The second-order valence-electron chi connectivity index (χ2n) is 7.12. The number of carbonyl (C=O) groups excluding carboxylic acids is 2. The highest BCUT2D eigenvalue weighted by molar-refractivity contribution is 6.46. The maximum absolute atomic E-state index is 13.4. The SMILES string of the molecule is CC1(C(=Nc2ccc(Cl)cc2)C(=O)Nc2ccc(Cl)cc2)OC(=O)C[n+]2ccccc21. The van der Waals surface area contributed by atoms with Crippen molar-refractivity contribution >= 4 is 52.2 Å². The third kappa shape index (κ3) is 4.45. The van der Waals surface area contributed by atoms with Gasteiger partial charge in [-0.25, -0.2) is 9.79 Å². The van der Waals surface area contributed by atoms with Gasteiger partial charge in [-0.2, -0.15) is 4.57 Å². The zero-order valence-electron chi connectivity index (χ0n) is 16.5. The van der Waals surface area contributed by atoms with E-state index in [1.165, 1.54) is 0 Å². The van der Waals surface area contributed by atoms with Crippen LogP contribution in [-0.4, -0.2) is 17.6 Å². The van der Waals surface area contributed by atoms with E-state index in [1.54, 1.807) is 72.3 Å². The van der Waals surface area contributed by atoms with Crippen LogP contribution in [0.1, 0.15) is 12.6 Å². The molecule has 0 saturated carbocycles. The van der Waals surface area contributed by atoms with Crippen LogP contribution in [0.4, 0.5) is 11.4 Å². The molecule has 1 N–H and O–H groups in total. The van der Waals surface area contributed by atoms with Gasteiger partial charge >= 0.3 is 5.97 Å². The normalized spacial score (nSPS) is 18.2. The maximum atomic E-state index is 13.4. The number of esters is 1. The predicted octanol–water partition coefficient (Wildman–Crippen LogP) is 4.46. The number of halogens is 2. The molecule has 0 spiro atoms. The number of ether oxygens (including phenoxy) is 1. The van der Waals surface area contributed by atoms with Crippen molar-refractivity contribution in [1.82, 2.24) is 0 Å². The standard InChI is InChI=1S/C23H17Cl2N3O3/c1-23(19-4-2-3-13-28(19)14-20(29)31-23)21(26-17-9-5-15(24)6-10-17)22(30)27-18-11-7-16(25)8-12-18/h2-13H,14H2,1H3/p+1. The van der Waals surface area contributed by atoms with Crippen LogP contribution in [0, 0.1) is 0 Å². The molecule has 0 fully saturated rings. The van der Waals surface area contributed by atoms with Crippen molar-refractivity contribution in [2.75, 3.05) is 5.32 Å². The highest BCUT2D eigenvalue weighted by Crippen LogP contribution is 2.31. The first-order chi connectivity index (χ1) is 14.8. The summed E-state index contributed by atoms with van der Waals surface area (Å²) in [5.74, 6) is -0.973. The van der Waals surface area contributed by atoms with E-state index in [0.717, 1.165) is 0 Å². The minimum Gasteiger partial charge on any atom is -0.436 e. The van der Waals surface area contributed by atoms with Crippen molar-refractivity contribution < 1.29 is 18.9 Å². The van der Waals surface area contributed by atoms with Gasteiger partial charge in [0.25, 0.3) is 5.91 Å². The van der Waals surface area contributed by atoms with E-state index < -0.39 is 17.5 Å². The lowest BCUT2D eigenvalue weighted by Gasteiger charge is -2.31. The lowest BCUT2D eigenvalue weighted by atomic mass is 9.92. The van der Waals surface area contributed by atoms with Gasteiger partial charge in [0.15, 0.2) is 11.9 Å². The fourth-order valence-electron chi connectivity index (χ4n) is 3.41. The first-order valence-corrected chi connectivity index (χ1v) is 10.2. The summed E-state index contributed by atoms with van der Waals surface area (Å²) in [6.45, 7) is 1.71. The summed E-state index contributed by atoms with van der Waals surface area (Å²) >= 11 is 11.9. The topological polar surface area (TPSA) is 71.6 Å². The summed E-state index contributed by atoms with van der Waals surface area (Å²) in [7, 11) is 0. The summed E-state index contributed by atoms with van der Waals surface area (Å²) in [4.78, 5) is 30.4. The second-order valence-corrected chi connectivity index (χ2v) is 7.99. The molecule has 1 aromatic heterocycles. The van der Waals surface area contributed by atoms with E-state index in [9.17, 15) is 9.59 Å². The molecule has 8 heteroatoms. The molecule has 2 heterocycles. The highest BCUT2D eigenvalue weighted by atomic mass is 35.5. The van der Waals surface area contributed by atoms with Crippen molar-refractivity contribution in [1.29, 1.82) is 0 Å². The number of fused-ring (bicyclic) bond motifs is 1. The fourth-order valence-corrected chi connectivity index (χ4v) is 3.66. The second kappa shape index (κ2) is 8.49. The number of hydrogen-bond donors (Lipinski definition) is 1. The Morgan fingerprint density at radius 3 is 2.35 bits per heavy atom. The number of aromatic nitrogens is 1. The molecule has 1 amide bonds. The van der Waals surface area contributed by atoms with Crippen LogP contribution in [0.5, 0.6) is 0 Å².